The third-order valence-corrected chi connectivity index (χ3v) is 14.6. The van der Waals surface area contributed by atoms with Crippen molar-refractivity contribution >= 4 is 58.5 Å². The Kier molecular flexibility index (Phi) is 18.2. The van der Waals surface area contributed by atoms with Gasteiger partial charge in [0.15, 0.2) is 0 Å². The summed E-state index contributed by atoms with van der Waals surface area (Å²) < 4.78 is 162. The molecule has 0 spiro atoms. The summed E-state index contributed by atoms with van der Waals surface area (Å²) in [5, 5.41) is 5.72. The van der Waals surface area contributed by atoms with Gasteiger partial charge in [-0.1, -0.05) is 140 Å². The van der Waals surface area contributed by atoms with E-state index in [9.17, 15) is 52.7 Å². The summed E-state index contributed by atoms with van der Waals surface area (Å²) in [6, 6.07) is 36.8. The smallest absolute Gasteiger partial charge is 0.0920 e. The Labute approximate surface area is 469 Å². The number of hydrogen-bond donors (Lipinski definition) is 0. The largest absolute Gasteiger partial charge is 0.184 e. The van der Waals surface area contributed by atoms with Crippen LogP contribution in [0.3, 0.4) is 0 Å². The molecular formula is C62H57Cl2F12SiZr-3. The van der Waals surface area contributed by atoms with Crippen LogP contribution in [-0.4, -0.2) is 9.52 Å². The van der Waals surface area contributed by atoms with Gasteiger partial charge in [0.05, 0.1) is 31.8 Å². The maximum absolute atomic E-state index is 13.5. The second-order valence-corrected chi connectivity index (χ2v) is 28.3. The van der Waals surface area contributed by atoms with Crippen LogP contribution < -0.4 is 10.4 Å². The first kappa shape index (κ1) is 62.6. The molecule has 9 rings (SSSR count). The molecule has 0 saturated carbocycles. The monoisotopic (exact) mass is 1220 g/mol. The van der Waals surface area contributed by atoms with E-state index < -0.39 is 78.6 Å². The summed E-state index contributed by atoms with van der Waals surface area (Å²) in [6.07, 6.45) is -19.6. The summed E-state index contributed by atoms with van der Waals surface area (Å²) in [6.45, 7) is 23.4. The Bertz CT molecular complexity index is 3130. The molecule has 0 atom stereocenters. The van der Waals surface area contributed by atoms with Crippen molar-refractivity contribution in [3.63, 3.8) is 0 Å². The van der Waals surface area contributed by atoms with Crippen LogP contribution in [-0.2, 0) is 67.2 Å². The zero-order valence-corrected chi connectivity index (χ0v) is 49.9. The molecule has 0 amide bonds. The average molecular weight is 1220 g/mol. The Morgan fingerprint density at radius 2 is 0.769 bits per heavy atom. The molecule has 2 radical (unpaired) electrons. The van der Waals surface area contributed by atoms with Crippen molar-refractivity contribution in [1.82, 2.24) is 0 Å². The van der Waals surface area contributed by atoms with Gasteiger partial charge in [0.25, 0.3) is 0 Å². The van der Waals surface area contributed by atoms with Gasteiger partial charge >= 0.3 is 62.6 Å². The molecular weight excluding hydrogens is 1160 g/mol. The molecule has 8 aromatic rings. The van der Waals surface area contributed by atoms with Gasteiger partial charge in [0, 0.05) is 0 Å². The van der Waals surface area contributed by atoms with E-state index in [1.807, 2.05) is 126 Å². The minimum absolute atomic E-state index is 0.0799. The SMILES string of the molecule is CC(C)(C)c1cc2c(-c3cc(C(F)(F)F)cc(C(F)(F)F)c3)c(C(C)(C)C)ccc2[cH-]1.CC(C)(C)c1cc2c(-c3cc(C(F)(F)F)cc(C(F)(F)F)c3)c(C(C)(C)C)ccc2[cH-]1.[Cl][Zr][Cl].[c-]1cccc2c1[Si]c1ccccc1-2. The van der Waals surface area contributed by atoms with E-state index >= 15 is 0 Å². The van der Waals surface area contributed by atoms with Crippen LogP contribution in [0.25, 0.3) is 54.9 Å². The van der Waals surface area contributed by atoms with Gasteiger partial charge in [-0.2, -0.15) is 94.3 Å². The molecule has 414 valence electrons. The number of fused-ring (bicyclic) bond motifs is 5. The van der Waals surface area contributed by atoms with Crippen molar-refractivity contribution in [3.05, 3.63) is 178 Å². The van der Waals surface area contributed by atoms with Crippen LogP contribution in [0.15, 0.2) is 127 Å². The summed E-state index contributed by atoms with van der Waals surface area (Å²) in [5.74, 6) is 0. The van der Waals surface area contributed by atoms with Gasteiger partial charge in [-0.25, -0.2) is 0 Å². The molecule has 1 aliphatic heterocycles. The molecule has 0 saturated heterocycles. The van der Waals surface area contributed by atoms with Crippen LogP contribution in [0.2, 0.25) is 0 Å². The van der Waals surface area contributed by atoms with Gasteiger partial charge in [-0.3, -0.25) is 0 Å². The van der Waals surface area contributed by atoms with E-state index in [1.54, 1.807) is 12.1 Å². The zero-order chi connectivity index (χ0) is 58.5. The first-order valence-electron chi connectivity index (χ1n) is 24.6. The van der Waals surface area contributed by atoms with Crippen molar-refractivity contribution < 1.29 is 73.5 Å². The molecule has 78 heavy (non-hydrogen) atoms. The van der Waals surface area contributed by atoms with Crippen LogP contribution in [0.5, 0.6) is 0 Å². The van der Waals surface area contributed by atoms with Crippen LogP contribution >= 0.6 is 17.0 Å². The normalized spacial score (nSPS) is 13.2. The molecule has 0 unspecified atom stereocenters. The predicted molar refractivity (Wildman–Crippen MR) is 292 cm³/mol. The molecule has 0 fully saturated rings. The van der Waals surface area contributed by atoms with Crippen molar-refractivity contribution in [3.8, 4) is 33.4 Å². The predicted octanol–water partition coefficient (Wildman–Crippen LogP) is 20.2. The minimum Gasteiger partial charge on any atom is -0.184 e. The van der Waals surface area contributed by atoms with Crippen LogP contribution in [0, 0.1) is 6.07 Å². The maximum atomic E-state index is 13.5. The van der Waals surface area contributed by atoms with Crippen molar-refractivity contribution in [2.45, 2.75) is 129 Å². The fraction of sp³-hybridized carbons (Fsp3) is 0.323. The molecule has 1 heterocycles. The third kappa shape index (κ3) is 14.6. The standard InChI is InChI=1S/2C25H25F6.C12H7Si.2ClH.Zr/c2*1-22(2,3)16-9-14-7-8-20(23(4,5)6)21(19(14)13-16)15-10-17(24(26,27)28)12-18(11-15)25(29,30)31;1-3-7-11-9(5-1)10-6-2-4-8-12(10)13-11;;;/h2*7-13H,1-6H3;1-7H;2*1H;/q3*-1;;;+2/p-2. The molecule has 0 aliphatic carbocycles. The van der Waals surface area contributed by atoms with E-state index in [2.05, 4.69) is 42.5 Å². The molecule has 0 bridgehead atoms. The molecule has 0 nitrogen and oxygen atoms in total. The second kappa shape index (κ2) is 22.7. The average Bonchev–Trinajstić information content (AvgIpc) is 4.07. The molecule has 0 N–H and O–H groups in total. The summed E-state index contributed by atoms with van der Waals surface area (Å²) in [7, 11) is 10.7. The van der Waals surface area contributed by atoms with Crippen molar-refractivity contribution in [2.24, 2.45) is 0 Å². The van der Waals surface area contributed by atoms with E-state index in [1.165, 1.54) is 21.5 Å². The first-order valence-corrected chi connectivity index (χ1v) is 31.9. The maximum Gasteiger partial charge on any atom is 0.0920 e. The number of hydrogen-bond acceptors (Lipinski definition) is 0. The summed E-state index contributed by atoms with van der Waals surface area (Å²) >= 11 is -0.826. The Morgan fingerprint density at radius 1 is 0.423 bits per heavy atom. The van der Waals surface area contributed by atoms with E-state index in [0.29, 0.717) is 33.0 Å². The third-order valence-electron chi connectivity index (χ3n) is 13.2. The van der Waals surface area contributed by atoms with Gasteiger partial charge in [-0.05, 0) is 69.2 Å². The number of benzene rings is 6. The Morgan fingerprint density at radius 3 is 1.10 bits per heavy atom. The number of rotatable bonds is 2. The zero-order valence-electron chi connectivity index (χ0n) is 44.9. The minimum atomic E-state index is -4.89. The van der Waals surface area contributed by atoms with Gasteiger partial charge in [-0.15, -0.1) is 74.6 Å². The molecule has 1 aliphatic rings. The van der Waals surface area contributed by atoms with E-state index in [4.69, 9.17) is 17.0 Å². The number of alkyl halides is 12. The molecule has 16 heteroatoms. The molecule has 0 aromatic heterocycles. The van der Waals surface area contributed by atoms with Crippen LogP contribution in [0.1, 0.15) is 128 Å². The second-order valence-electron chi connectivity index (χ2n) is 23.3. The Balaban J connectivity index is 0.000000197. The van der Waals surface area contributed by atoms with Crippen molar-refractivity contribution in [1.29, 1.82) is 0 Å². The topological polar surface area (TPSA) is 0 Å². The quantitative estimate of drug-likeness (QED) is 0.0919. The summed E-state index contributed by atoms with van der Waals surface area (Å²) in [5.41, 5.74) is 0.109. The van der Waals surface area contributed by atoms with Gasteiger partial charge < -0.3 is 0 Å². The molecule has 8 aromatic carbocycles. The fourth-order valence-electron chi connectivity index (χ4n) is 9.23. The van der Waals surface area contributed by atoms with Crippen molar-refractivity contribution in [2.75, 3.05) is 0 Å². The van der Waals surface area contributed by atoms with Crippen LogP contribution in [0.4, 0.5) is 52.7 Å². The van der Waals surface area contributed by atoms with E-state index in [-0.39, 0.29) is 34.1 Å². The summed E-state index contributed by atoms with van der Waals surface area (Å²) in [4.78, 5) is 0. The van der Waals surface area contributed by atoms with E-state index in [0.717, 1.165) is 55.7 Å². The first-order chi connectivity index (χ1) is 35.6. The number of halogens is 14. The van der Waals surface area contributed by atoms with Gasteiger partial charge in [0.2, 0.25) is 0 Å². The Hall–Kier alpha value is -4.62. The fourth-order valence-corrected chi connectivity index (χ4v) is 10.5. The van der Waals surface area contributed by atoms with Gasteiger partial charge in [0.1, 0.15) is 0 Å².